The first kappa shape index (κ1) is 21.5. The number of hydrogen-bond acceptors (Lipinski definition) is 4. The van der Waals surface area contributed by atoms with E-state index in [1.54, 1.807) is 28.8 Å². The lowest BCUT2D eigenvalue weighted by Crippen LogP contribution is -2.28. The molecule has 0 radical (unpaired) electrons. The second kappa shape index (κ2) is 9.57. The molecule has 32 heavy (non-hydrogen) atoms. The summed E-state index contributed by atoms with van der Waals surface area (Å²) in [4.78, 5) is 24.4. The van der Waals surface area contributed by atoms with E-state index >= 15 is 0 Å². The molecule has 8 heteroatoms. The van der Waals surface area contributed by atoms with Gasteiger partial charge in [-0.2, -0.15) is 0 Å². The summed E-state index contributed by atoms with van der Waals surface area (Å²) in [7, 11) is 0. The average molecular weight is 491 g/mol. The summed E-state index contributed by atoms with van der Waals surface area (Å²) < 4.78 is 2.48. The third-order valence-corrected chi connectivity index (χ3v) is 5.34. The average Bonchev–Trinajstić information content (AvgIpc) is 3.07. The fourth-order valence-corrected chi connectivity index (χ4v) is 3.72. The number of azo groups is 1. The Balaban J connectivity index is 1.51. The fraction of sp³-hybridized carbons (Fsp3) is 0.0833. The lowest BCUT2D eigenvalue weighted by atomic mass is 10.2. The molecule has 2 amide bonds. The normalized spacial score (nSPS) is 11.2. The van der Waals surface area contributed by atoms with Crippen LogP contribution in [0.15, 0.2) is 93.6 Å². The first-order valence-corrected chi connectivity index (χ1v) is 10.6. The Bertz CT molecular complexity index is 1320. The molecule has 1 heterocycles. The summed E-state index contributed by atoms with van der Waals surface area (Å²) in [6, 6.07) is 23.9. The standard InChI is InChI=1S/C24H19BrN4O3/c25-18-10-6-9-17(13-18)23(31)26-14-21(30)27-28-22-19-11-4-5-12-20(19)29(24(22)32)15-16-7-2-1-3-8-16/h1-13,32H,14-15H2,(H,26,31). The number of fused-ring (bicyclic) bond motifs is 1. The third kappa shape index (κ3) is 4.76. The number of benzene rings is 3. The number of rotatable bonds is 6. The molecular weight excluding hydrogens is 472 g/mol. The summed E-state index contributed by atoms with van der Waals surface area (Å²) >= 11 is 3.30. The van der Waals surface area contributed by atoms with E-state index in [4.69, 9.17) is 0 Å². The number of aromatic nitrogens is 1. The van der Waals surface area contributed by atoms with Crippen molar-refractivity contribution < 1.29 is 14.7 Å². The molecule has 0 bridgehead atoms. The number of carbonyl (C=O) groups excluding carboxylic acids is 2. The van der Waals surface area contributed by atoms with Gasteiger partial charge in [0.2, 0.25) is 5.88 Å². The van der Waals surface area contributed by atoms with Gasteiger partial charge in [0.15, 0.2) is 5.69 Å². The van der Waals surface area contributed by atoms with Crippen LogP contribution in [0.1, 0.15) is 15.9 Å². The molecule has 2 N–H and O–H groups in total. The molecule has 0 unspecified atom stereocenters. The zero-order valence-corrected chi connectivity index (χ0v) is 18.5. The molecule has 0 saturated heterocycles. The highest BCUT2D eigenvalue weighted by Crippen LogP contribution is 2.39. The number of halogens is 1. The second-order valence-corrected chi connectivity index (χ2v) is 7.96. The lowest BCUT2D eigenvalue weighted by molar-refractivity contribution is -0.117. The van der Waals surface area contributed by atoms with E-state index in [1.807, 2.05) is 54.6 Å². The summed E-state index contributed by atoms with van der Waals surface area (Å²) in [6.45, 7) is 0.137. The molecule has 0 saturated carbocycles. The topological polar surface area (TPSA) is 96.1 Å². The highest BCUT2D eigenvalue weighted by atomic mass is 79.9. The minimum absolute atomic E-state index is 0.0789. The van der Waals surface area contributed by atoms with Crippen LogP contribution in [-0.2, 0) is 11.3 Å². The molecule has 0 spiro atoms. The summed E-state index contributed by atoms with van der Waals surface area (Å²) in [6.07, 6.45) is 0. The number of hydrogen-bond donors (Lipinski definition) is 2. The highest BCUT2D eigenvalue weighted by molar-refractivity contribution is 9.10. The van der Waals surface area contributed by atoms with Crippen LogP contribution in [0.4, 0.5) is 5.69 Å². The summed E-state index contributed by atoms with van der Waals surface area (Å²) in [5.41, 5.74) is 2.42. The van der Waals surface area contributed by atoms with Crippen molar-refractivity contribution in [3.63, 3.8) is 0 Å². The fourth-order valence-electron chi connectivity index (χ4n) is 3.33. The maximum atomic E-state index is 12.2. The molecule has 0 fully saturated rings. The first-order chi connectivity index (χ1) is 15.5. The summed E-state index contributed by atoms with van der Waals surface area (Å²) in [5.74, 6) is -1.10. The Kier molecular flexibility index (Phi) is 6.42. The molecule has 7 nitrogen and oxygen atoms in total. The number of para-hydroxylation sites is 1. The maximum Gasteiger partial charge on any atom is 0.283 e. The van der Waals surface area contributed by atoms with Gasteiger partial charge in [-0.15, -0.1) is 10.2 Å². The van der Waals surface area contributed by atoms with Gasteiger partial charge in [-0.25, -0.2) is 0 Å². The minimum Gasteiger partial charge on any atom is -0.493 e. The molecular formula is C24H19BrN4O3. The SMILES string of the molecule is O=C(CNC(=O)c1cccc(Br)c1)N=Nc1c(O)n(Cc2ccccc2)c2ccccc12. The van der Waals surface area contributed by atoms with Crippen molar-refractivity contribution >= 4 is 44.3 Å². The quantitative estimate of drug-likeness (QED) is 0.363. The molecule has 0 aliphatic rings. The van der Waals surface area contributed by atoms with E-state index < -0.39 is 11.8 Å². The molecule has 4 rings (SSSR count). The van der Waals surface area contributed by atoms with Crippen LogP contribution in [0.2, 0.25) is 0 Å². The Morgan fingerprint density at radius 3 is 2.50 bits per heavy atom. The van der Waals surface area contributed by atoms with Gasteiger partial charge in [0.25, 0.3) is 11.8 Å². The second-order valence-electron chi connectivity index (χ2n) is 7.05. The van der Waals surface area contributed by atoms with Crippen LogP contribution >= 0.6 is 15.9 Å². The van der Waals surface area contributed by atoms with Crippen LogP contribution < -0.4 is 5.32 Å². The highest BCUT2D eigenvalue weighted by Gasteiger charge is 2.17. The zero-order valence-electron chi connectivity index (χ0n) is 16.9. The molecule has 0 aliphatic heterocycles. The van der Waals surface area contributed by atoms with Crippen molar-refractivity contribution in [2.24, 2.45) is 10.2 Å². The van der Waals surface area contributed by atoms with Crippen LogP contribution in [0, 0.1) is 0 Å². The van der Waals surface area contributed by atoms with Crippen molar-refractivity contribution in [3.8, 4) is 5.88 Å². The van der Waals surface area contributed by atoms with Crippen LogP contribution in [0.3, 0.4) is 0 Å². The van der Waals surface area contributed by atoms with Gasteiger partial charge in [-0.3, -0.25) is 9.59 Å². The van der Waals surface area contributed by atoms with Crippen LogP contribution in [-0.4, -0.2) is 28.0 Å². The number of amides is 2. The van der Waals surface area contributed by atoms with Gasteiger partial charge in [0.1, 0.15) is 6.54 Å². The van der Waals surface area contributed by atoms with E-state index in [9.17, 15) is 14.7 Å². The van der Waals surface area contributed by atoms with Gasteiger partial charge in [-0.1, -0.05) is 70.5 Å². The van der Waals surface area contributed by atoms with Crippen molar-refractivity contribution in [2.45, 2.75) is 6.54 Å². The zero-order chi connectivity index (χ0) is 22.5. The minimum atomic E-state index is -0.632. The van der Waals surface area contributed by atoms with Crippen molar-refractivity contribution in [2.75, 3.05) is 6.54 Å². The van der Waals surface area contributed by atoms with E-state index in [0.717, 1.165) is 15.6 Å². The van der Waals surface area contributed by atoms with Gasteiger partial charge in [0, 0.05) is 15.4 Å². The van der Waals surface area contributed by atoms with Crippen LogP contribution in [0.25, 0.3) is 10.9 Å². The molecule has 1 aromatic heterocycles. The Labute approximate surface area is 192 Å². The van der Waals surface area contributed by atoms with Crippen LogP contribution in [0.5, 0.6) is 5.88 Å². The number of nitrogens with zero attached hydrogens (tertiary/aromatic N) is 3. The first-order valence-electron chi connectivity index (χ1n) is 9.85. The Hall–Kier alpha value is -3.78. The molecule has 160 valence electrons. The number of nitrogens with one attached hydrogen (secondary N) is 1. The largest absolute Gasteiger partial charge is 0.493 e. The van der Waals surface area contributed by atoms with Crippen molar-refractivity contribution in [1.82, 2.24) is 9.88 Å². The molecule has 0 aliphatic carbocycles. The summed E-state index contributed by atoms with van der Waals surface area (Å²) in [5, 5.41) is 21.7. The van der Waals surface area contributed by atoms with Crippen molar-refractivity contribution in [1.29, 1.82) is 0 Å². The lowest BCUT2D eigenvalue weighted by Gasteiger charge is -2.06. The smallest absolute Gasteiger partial charge is 0.283 e. The van der Waals surface area contributed by atoms with E-state index in [1.165, 1.54) is 0 Å². The number of carbonyl (C=O) groups is 2. The molecule has 3 aromatic carbocycles. The van der Waals surface area contributed by atoms with Gasteiger partial charge in [-0.05, 0) is 29.8 Å². The predicted molar refractivity (Wildman–Crippen MR) is 125 cm³/mol. The van der Waals surface area contributed by atoms with Crippen molar-refractivity contribution in [3.05, 3.63) is 94.5 Å². The number of aromatic hydroxyl groups is 1. The van der Waals surface area contributed by atoms with Gasteiger partial charge >= 0.3 is 0 Å². The van der Waals surface area contributed by atoms with E-state index in [-0.39, 0.29) is 18.1 Å². The Morgan fingerprint density at radius 2 is 1.72 bits per heavy atom. The Morgan fingerprint density at radius 1 is 0.969 bits per heavy atom. The molecule has 4 aromatic rings. The molecule has 0 atom stereocenters. The van der Waals surface area contributed by atoms with Gasteiger partial charge in [0.05, 0.1) is 12.1 Å². The maximum absolute atomic E-state index is 12.2. The van der Waals surface area contributed by atoms with E-state index in [2.05, 4.69) is 31.5 Å². The van der Waals surface area contributed by atoms with E-state index in [0.29, 0.717) is 17.5 Å². The van der Waals surface area contributed by atoms with Gasteiger partial charge < -0.3 is 15.0 Å². The third-order valence-electron chi connectivity index (χ3n) is 4.85. The monoisotopic (exact) mass is 490 g/mol. The predicted octanol–water partition coefficient (Wildman–Crippen LogP) is 5.20.